The Hall–Kier alpha value is 0.506. The Kier molecular flexibility index (Phi) is 20.2. The van der Waals surface area contributed by atoms with Crippen molar-refractivity contribution in [3.63, 3.8) is 0 Å². The molecule has 0 saturated carbocycles. The predicted octanol–water partition coefficient (Wildman–Crippen LogP) is 5.52. The van der Waals surface area contributed by atoms with Crippen molar-refractivity contribution in [2.45, 2.75) is 84.0 Å². The van der Waals surface area contributed by atoms with Gasteiger partial charge in [-0.1, -0.05) is 77.6 Å². The molecule has 0 aliphatic rings. The second-order valence-corrected chi connectivity index (χ2v) is 4.39. The molecule has 0 aliphatic carbocycles. The molecule has 0 saturated heterocycles. The van der Waals surface area contributed by atoms with Gasteiger partial charge in [-0.25, -0.2) is 0 Å². The molecule has 0 aromatic rings. The number of hydrogen-bond donors (Lipinski definition) is 0. The molecule has 0 N–H and O–H groups in total. The average molecular weight is 256 g/mol. The van der Waals surface area contributed by atoms with Crippen LogP contribution in [0.25, 0.3) is 0 Å². The van der Waals surface area contributed by atoms with Crippen LogP contribution in [0.15, 0.2) is 0 Å². The van der Waals surface area contributed by atoms with Crippen molar-refractivity contribution in [2.24, 2.45) is 0 Å². The van der Waals surface area contributed by atoms with E-state index in [2.05, 4.69) is 13.8 Å². The van der Waals surface area contributed by atoms with Crippen molar-refractivity contribution < 1.29 is 16.8 Å². The molecule has 0 bridgehead atoms. The molecule has 1 heteroatoms. The largest absolute Gasteiger partial charge is 0.343 e. The van der Waals surface area contributed by atoms with E-state index in [1.165, 1.54) is 70.6 Å². The van der Waals surface area contributed by atoms with Crippen molar-refractivity contribution in [2.75, 3.05) is 0 Å². The van der Waals surface area contributed by atoms with E-state index in [-0.39, 0.29) is 16.8 Å². The van der Waals surface area contributed by atoms with Crippen molar-refractivity contribution in [3.8, 4) is 0 Å². The molecule has 15 heavy (non-hydrogen) atoms. The van der Waals surface area contributed by atoms with E-state index >= 15 is 0 Å². The Labute approximate surface area is 108 Å². The van der Waals surface area contributed by atoms with Crippen molar-refractivity contribution in [1.29, 1.82) is 0 Å². The summed E-state index contributed by atoms with van der Waals surface area (Å²) in [6.07, 6.45) is 16.9. The van der Waals surface area contributed by atoms with Crippen LogP contribution in [0.5, 0.6) is 0 Å². The molecule has 0 aliphatic heterocycles. The molecule has 0 unspecified atom stereocenters. The molecule has 1 radical (unpaired) electrons. The summed E-state index contributed by atoms with van der Waals surface area (Å²) in [5.74, 6) is 0. The Morgan fingerprint density at radius 2 is 0.933 bits per heavy atom. The summed E-state index contributed by atoms with van der Waals surface area (Å²) < 4.78 is 0. The van der Waals surface area contributed by atoms with Gasteiger partial charge in [-0.2, -0.15) is 6.42 Å². The van der Waals surface area contributed by atoms with Crippen molar-refractivity contribution in [3.05, 3.63) is 6.92 Å². The second-order valence-electron chi connectivity index (χ2n) is 4.39. The van der Waals surface area contributed by atoms with Gasteiger partial charge < -0.3 is 6.92 Å². The van der Waals surface area contributed by atoms with Crippen LogP contribution in [-0.2, 0) is 16.8 Å². The summed E-state index contributed by atoms with van der Waals surface area (Å²) in [7, 11) is 0. The van der Waals surface area contributed by atoms with Gasteiger partial charge in [0.2, 0.25) is 0 Å². The zero-order valence-corrected chi connectivity index (χ0v) is 11.6. The van der Waals surface area contributed by atoms with Gasteiger partial charge in [0.15, 0.2) is 0 Å². The summed E-state index contributed by atoms with van der Waals surface area (Å²) in [6, 6.07) is 0. The monoisotopic (exact) mass is 256 g/mol. The van der Waals surface area contributed by atoms with Crippen LogP contribution in [0.3, 0.4) is 0 Å². The Balaban J connectivity index is 0. The third-order valence-electron chi connectivity index (χ3n) is 2.85. The summed E-state index contributed by atoms with van der Waals surface area (Å²) in [4.78, 5) is 0. The van der Waals surface area contributed by atoms with Crippen molar-refractivity contribution in [1.82, 2.24) is 0 Å². The second kappa shape index (κ2) is 16.9. The third kappa shape index (κ3) is 17.1. The maximum absolute atomic E-state index is 3.86. The molecule has 0 fully saturated rings. The van der Waals surface area contributed by atoms with Gasteiger partial charge in [0.05, 0.1) is 0 Å². The average Bonchev–Trinajstić information content (AvgIpc) is 2.21. The standard InChI is InChI=1S/C14H29.Co/c1-3-5-7-9-11-13-14-12-10-8-6-4-2;/h1,3-14H2,2H3;/q-1;. The maximum atomic E-state index is 3.86. The quantitative estimate of drug-likeness (QED) is 0.337. The summed E-state index contributed by atoms with van der Waals surface area (Å²) >= 11 is 0. The van der Waals surface area contributed by atoms with Crippen LogP contribution in [-0.4, -0.2) is 0 Å². The molecule has 0 aromatic carbocycles. The smallest absolute Gasteiger partial charge is 0 e. The van der Waals surface area contributed by atoms with Gasteiger partial charge in [0.25, 0.3) is 0 Å². The zero-order chi connectivity index (χ0) is 10.5. The first-order valence-corrected chi connectivity index (χ1v) is 6.71. The molecule has 0 aromatic heterocycles. The van der Waals surface area contributed by atoms with Crippen LogP contribution in [0.1, 0.15) is 84.0 Å². The fourth-order valence-corrected chi connectivity index (χ4v) is 1.84. The fraction of sp³-hybridized carbons (Fsp3) is 0.929. The zero-order valence-electron chi connectivity index (χ0n) is 10.5. The number of hydrogen-bond acceptors (Lipinski definition) is 0. The van der Waals surface area contributed by atoms with E-state index in [1.54, 1.807) is 0 Å². The Bertz CT molecular complexity index is 79.3. The van der Waals surface area contributed by atoms with Crippen LogP contribution in [0.4, 0.5) is 0 Å². The van der Waals surface area contributed by atoms with Gasteiger partial charge in [0.1, 0.15) is 0 Å². The molecule has 0 atom stereocenters. The van der Waals surface area contributed by atoms with Crippen LogP contribution in [0, 0.1) is 6.92 Å². The van der Waals surface area contributed by atoms with E-state index in [0.717, 1.165) is 6.42 Å². The van der Waals surface area contributed by atoms with E-state index in [4.69, 9.17) is 0 Å². The number of unbranched alkanes of at least 4 members (excludes halogenated alkanes) is 11. The molecule has 0 nitrogen and oxygen atoms in total. The molecule has 95 valence electrons. The third-order valence-corrected chi connectivity index (χ3v) is 2.85. The van der Waals surface area contributed by atoms with Gasteiger partial charge in [0, 0.05) is 16.8 Å². The topological polar surface area (TPSA) is 0 Å². The van der Waals surface area contributed by atoms with Gasteiger partial charge >= 0.3 is 0 Å². The first kappa shape index (κ1) is 17.9. The minimum Gasteiger partial charge on any atom is -0.343 e. The van der Waals surface area contributed by atoms with Crippen molar-refractivity contribution >= 4 is 0 Å². The number of rotatable bonds is 11. The Morgan fingerprint density at radius 1 is 0.600 bits per heavy atom. The normalized spacial score (nSPS) is 10.0. The van der Waals surface area contributed by atoms with Crippen LogP contribution >= 0.6 is 0 Å². The maximum Gasteiger partial charge on any atom is 0 e. The minimum absolute atomic E-state index is 0. The summed E-state index contributed by atoms with van der Waals surface area (Å²) in [6.45, 7) is 6.14. The molecular weight excluding hydrogens is 227 g/mol. The Morgan fingerprint density at radius 3 is 1.27 bits per heavy atom. The summed E-state index contributed by atoms with van der Waals surface area (Å²) in [5.41, 5.74) is 0. The molecule has 0 rings (SSSR count). The predicted molar refractivity (Wildman–Crippen MR) is 66.4 cm³/mol. The van der Waals surface area contributed by atoms with Gasteiger partial charge in [-0.3, -0.25) is 0 Å². The van der Waals surface area contributed by atoms with E-state index in [0.29, 0.717) is 0 Å². The first-order chi connectivity index (χ1) is 6.91. The van der Waals surface area contributed by atoms with E-state index < -0.39 is 0 Å². The van der Waals surface area contributed by atoms with Crippen LogP contribution in [0.2, 0.25) is 0 Å². The first-order valence-electron chi connectivity index (χ1n) is 6.71. The summed E-state index contributed by atoms with van der Waals surface area (Å²) in [5, 5.41) is 0. The van der Waals surface area contributed by atoms with Gasteiger partial charge in [-0.15, -0.1) is 0 Å². The van der Waals surface area contributed by atoms with E-state index in [1.807, 2.05) is 0 Å². The van der Waals surface area contributed by atoms with E-state index in [9.17, 15) is 0 Å². The van der Waals surface area contributed by atoms with Gasteiger partial charge in [-0.05, 0) is 0 Å². The van der Waals surface area contributed by atoms with Crippen LogP contribution < -0.4 is 0 Å². The molecule has 0 spiro atoms. The molecule has 0 amide bonds. The molecule has 0 heterocycles. The minimum atomic E-state index is 0. The fourth-order valence-electron chi connectivity index (χ4n) is 1.84. The SMILES string of the molecule is [CH2-]CCCCCCCCCCCCC.[Co]. The molecular formula is C14H29Co-.